The Bertz CT molecular complexity index is 1350. The van der Waals surface area contributed by atoms with Crippen molar-refractivity contribution >= 4 is 23.2 Å². The van der Waals surface area contributed by atoms with Crippen LogP contribution in [-0.4, -0.2) is 39.3 Å². The average molecular weight is 467 g/mol. The molecular formula is C27H26N6O2. The van der Waals surface area contributed by atoms with Crippen molar-refractivity contribution in [2.24, 2.45) is 0 Å². The molecule has 1 atom stereocenters. The first-order chi connectivity index (χ1) is 17.1. The van der Waals surface area contributed by atoms with Crippen LogP contribution in [0.15, 0.2) is 84.9 Å². The molecule has 0 fully saturated rings. The van der Waals surface area contributed by atoms with Crippen LogP contribution in [0.3, 0.4) is 0 Å². The highest BCUT2D eigenvalue weighted by Crippen LogP contribution is 2.36. The van der Waals surface area contributed by atoms with E-state index < -0.39 is 0 Å². The zero-order valence-electron chi connectivity index (χ0n) is 19.6. The lowest BCUT2D eigenvalue weighted by Crippen LogP contribution is -2.37. The Hall–Kier alpha value is -4.46. The third kappa shape index (κ3) is 4.63. The minimum atomic E-state index is -0.206. The monoisotopic (exact) mass is 466 g/mol. The van der Waals surface area contributed by atoms with Crippen molar-refractivity contribution in [3.8, 4) is 5.75 Å². The van der Waals surface area contributed by atoms with Crippen LogP contribution in [0.5, 0.6) is 5.75 Å². The van der Waals surface area contributed by atoms with Crippen LogP contribution < -0.4 is 15.0 Å². The number of aryl methyl sites for hydroxylation is 1. The molecule has 1 aromatic heterocycles. The molecule has 4 aromatic rings. The fraction of sp³-hybridized carbons (Fsp3) is 0.185. The van der Waals surface area contributed by atoms with Gasteiger partial charge in [0.15, 0.2) is 0 Å². The molecule has 0 bridgehead atoms. The summed E-state index contributed by atoms with van der Waals surface area (Å²) in [5.41, 5.74) is 4.71. The van der Waals surface area contributed by atoms with E-state index in [-0.39, 0.29) is 18.5 Å². The van der Waals surface area contributed by atoms with E-state index in [1.807, 2.05) is 66.4 Å². The zero-order valence-corrected chi connectivity index (χ0v) is 19.6. The summed E-state index contributed by atoms with van der Waals surface area (Å²) in [6.07, 6.45) is 2.10. The predicted octanol–water partition coefficient (Wildman–Crippen LogP) is 4.47. The zero-order chi connectivity index (χ0) is 24.2. The number of allylic oxidation sites excluding steroid dienone is 1. The number of rotatable bonds is 7. The second kappa shape index (κ2) is 9.80. The van der Waals surface area contributed by atoms with E-state index in [1.54, 1.807) is 4.68 Å². The van der Waals surface area contributed by atoms with Gasteiger partial charge < -0.3 is 10.1 Å². The molecule has 0 spiro atoms. The second-order valence-electron chi connectivity index (χ2n) is 8.26. The van der Waals surface area contributed by atoms with Crippen LogP contribution in [-0.2, 0) is 4.79 Å². The first kappa shape index (κ1) is 22.3. The van der Waals surface area contributed by atoms with Gasteiger partial charge in [-0.1, -0.05) is 77.4 Å². The number of hydrogen-bond acceptors (Lipinski definition) is 6. The van der Waals surface area contributed by atoms with Gasteiger partial charge in [0.1, 0.15) is 18.3 Å². The summed E-state index contributed by atoms with van der Waals surface area (Å²) in [7, 11) is 0. The van der Waals surface area contributed by atoms with Gasteiger partial charge in [0.2, 0.25) is 5.91 Å². The molecule has 35 heavy (non-hydrogen) atoms. The Morgan fingerprint density at radius 2 is 1.74 bits per heavy atom. The largest absolute Gasteiger partial charge is 0.492 e. The normalized spacial score (nSPS) is 14.7. The lowest BCUT2D eigenvalue weighted by molar-refractivity contribution is -0.114. The molecular weight excluding hydrogens is 440 g/mol. The van der Waals surface area contributed by atoms with E-state index in [4.69, 9.17) is 4.74 Å². The number of carbonyl (C=O) groups is 1. The maximum absolute atomic E-state index is 13.2. The highest BCUT2D eigenvalue weighted by Gasteiger charge is 2.32. The summed E-state index contributed by atoms with van der Waals surface area (Å²) in [5, 5.41) is 15.5. The molecule has 1 aliphatic rings. The molecule has 1 unspecified atom stereocenters. The van der Waals surface area contributed by atoms with Gasteiger partial charge in [-0.15, -0.1) is 0 Å². The molecule has 0 aliphatic carbocycles. The smallest absolute Gasteiger partial charge is 0.251 e. The highest BCUT2D eigenvalue weighted by atomic mass is 16.5. The first-order valence-corrected chi connectivity index (χ1v) is 11.5. The van der Waals surface area contributed by atoms with Crippen LogP contribution in [0, 0.1) is 6.92 Å². The molecule has 0 radical (unpaired) electrons. The lowest BCUT2D eigenvalue weighted by Gasteiger charge is -2.32. The Labute approximate surface area is 203 Å². The molecule has 0 saturated carbocycles. The molecule has 5 rings (SSSR count). The fourth-order valence-electron chi connectivity index (χ4n) is 4.17. The maximum Gasteiger partial charge on any atom is 0.251 e. The molecule has 1 N–H and O–H groups in total. The number of aromatic nitrogens is 4. The molecule has 1 amide bonds. The third-order valence-electron chi connectivity index (χ3n) is 5.84. The fourth-order valence-corrected chi connectivity index (χ4v) is 4.17. The van der Waals surface area contributed by atoms with Crippen molar-refractivity contribution in [2.45, 2.75) is 19.9 Å². The van der Waals surface area contributed by atoms with Crippen LogP contribution in [0.1, 0.15) is 29.7 Å². The number of benzene rings is 3. The topological polar surface area (TPSA) is 85.2 Å². The molecule has 0 saturated heterocycles. The summed E-state index contributed by atoms with van der Waals surface area (Å²) in [6, 6.07) is 25.5. The number of anilines is 2. The Morgan fingerprint density at radius 3 is 2.51 bits per heavy atom. The van der Waals surface area contributed by atoms with Crippen molar-refractivity contribution in [3.05, 3.63) is 102 Å². The quantitative estimate of drug-likeness (QED) is 0.433. The Balaban J connectivity index is 1.50. The van der Waals surface area contributed by atoms with Crippen molar-refractivity contribution in [1.29, 1.82) is 0 Å². The van der Waals surface area contributed by atoms with Gasteiger partial charge in [0.25, 0.3) is 5.95 Å². The van der Waals surface area contributed by atoms with E-state index in [0.29, 0.717) is 24.0 Å². The number of amides is 1. The number of ether oxygens (including phenoxy) is 1. The van der Waals surface area contributed by atoms with Crippen LogP contribution in [0.2, 0.25) is 0 Å². The number of hydrogen-bond donors (Lipinski definition) is 1. The van der Waals surface area contributed by atoms with Crippen LogP contribution in [0.4, 0.5) is 11.6 Å². The predicted molar refractivity (Wildman–Crippen MR) is 135 cm³/mol. The Morgan fingerprint density at radius 1 is 1.00 bits per heavy atom. The summed E-state index contributed by atoms with van der Waals surface area (Å²) in [4.78, 5) is 15.1. The van der Waals surface area contributed by atoms with Gasteiger partial charge in [-0.2, -0.15) is 4.68 Å². The van der Waals surface area contributed by atoms with E-state index in [9.17, 15) is 4.79 Å². The first-order valence-electron chi connectivity index (χ1n) is 11.5. The van der Waals surface area contributed by atoms with E-state index in [1.165, 1.54) is 5.56 Å². The number of nitrogens with one attached hydrogen (secondary N) is 1. The number of carbonyl (C=O) groups excluding carboxylic acids is 1. The van der Waals surface area contributed by atoms with Crippen molar-refractivity contribution < 1.29 is 9.53 Å². The van der Waals surface area contributed by atoms with E-state index in [2.05, 4.69) is 58.1 Å². The summed E-state index contributed by atoms with van der Waals surface area (Å²) >= 11 is 0. The highest BCUT2D eigenvalue weighted by molar-refractivity contribution is 5.98. The van der Waals surface area contributed by atoms with Gasteiger partial charge >= 0.3 is 0 Å². The number of tetrazole rings is 1. The third-order valence-corrected chi connectivity index (χ3v) is 5.84. The number of fused-ring (bicyclic) bond motifs is 1. The standard InChI is InChI=1S/C27H26N6O2/c1-3-35-25-12-8-7-11-22(25)28-26(34)18-32-23(20-9-5-4-6-10-20)17-24(33-27(32)29-30-31-33)21-15-13-19(2)14-16-21/h4-17,24H,3,18H2,1-2H3,(H,28,34). The van der Waals surface area contributed by atoms with Crippen LogP contribution in [0.25, 0.3) is 5.70 Å². The average Bonchev–Trinajstić information content (AvgIpc) is 3.37. The summed E-state index contributed by atoms with van der Waals surface area (Å²) in [6.45, 7) is 4.51. The second-order valence-corrected chi connectivity index (χ2v) is 8.26. The SMILES string of the molecule is CCOc1ccccc1NC(=O)CN1C(c2ccccc2)=CC(c2ccc(C)cc2)n2nnnc21. The molecule has 1 aliphatic heterocycles. The number of nitrogens with zero attached hydrogens (tertiary/aromatic N) is 5. The minimum Gasteiger partial charge on any atom is -0.492 e. The van der Waals surface area contributed by atoms with Gasteiger partial charge in [-0.05, 0) is 53.6 Å². The summed E-state index contributed by atoms with van der Waals surface area (Å²) in [5.74, 6) is 0.928. The van der Waals surface area contributed by atoms with Crippen molar-refractivity contribution in [2.75, 3.05) is 23.4 Å². The van der Waals surface area contributed by atoms with E-state index >= 15 is 0 Å². The van der Waals surface area contributed by atoms with Gasteiger partial charge in [-0.3, -0.25) is 9.69 Å². The molecule has 3 aromatic carbocycles. The summed E-state index contributed by atoms with van der Waals surface area (Å²) < 4.78 is 7.41. The molecule has 8 nitrogen and oxygen atoms in total. The van der Waals surface area contributed by atoms with Gasteiger partial charge in [0, 0.05) is 0 Å². The number of para-hydroxylation sites is 2. The van der Waals surface area contributed by atoms with E-state index in [0.717, 1.165) is 16.8 Å². The molecule has 2 heterocycles. The Kier molecular flexibility index (Phi) is 6.26. The molecule has 8 heteroatoms. The minimum absolute atomic E-state index is 0.0299. The van der Waals surface area contributed by atoms with Gasteiger partial charge in [0.05, 0.1) is 18.0 Å². The van der Waals surface area contributed by atoms with Crippen LogP contribution >= 0.6 is 0 Å². The van der Waals surface area contributed by atoms with Crippen molar-refractivity contribution in [1.82, 2.24) is 20.2 Å². The van der Waals surface area contributed by atoms with Crippen molar-refractivity contribution in [3.63, 3.8) is 0 Å². The molecule has 176 valence electrons. The maximum atomic E-state index is 13.2. The lowest BCUT2D eigenvalue weighted by atomic mass is 10.00. The van der Waals surface area contributed by atoms with Gasteiger partial charge in [-0.25, -0.2) is 0 Å².